The summed E-state index contributed by atoms with van der Waals surface area (Å²) in [6.45, 7) is 8.51. The third-order valence-electron chi connectivity index (χ3n) is 5.58. The van der Waals surface area contributed by atoms with E-state index in [2.05, 4.69) is 15.4 Å². The maximum Gasteiger partial charge on any atom is 0.251 e. The van der Waals surface area contributed by atoms with E-state index in [9.17, 15) is 27.2 Å². The summed E-state index contributed by atoms with van der Waals surface area (Å²) >= 11 is 0. The molecule has 1 saturated heterocycles. The molecule has 1 fully saturated rings. The largest absolute Gasteiger partial charge is 0.343 e. The summed E-state index contributed by atoms with van der Waals surface area (Å²) in [5, 5.41) is 5.44. The SMILES string of the molecule is CC(C)C[C@@H](CN1CC(=O)C(NC(=O)[C@H](CC(C)C)NC(=O)c2ccc(F)cc2)C1)NS(C)(=O)=O. The van der Waals surface area contributed by atoms with Crippen molar-refractivity contribution in [1.82, 2.24) is 20.3 Å². The van der Waals surface area contributed by atoms with Gasteiger partial charge in [0.05, 0.1) is 12.8 Å². The zero-order chi connectivity index (χ0) is 26.3. The number of benzene rings is 1. The van der Waals surface area contributed by atoms with E-state index in [4.69, 9.17) is 0 Å². The Morgan fingerprint density at radius 3 is 2.23 bits per heavy atom. The number of carbonyl (C=O) groups is 3. The molecule has 1 aromatic rings. The summed E-state index contributed by atoms with van der Waals surface area (Å²) in [7, 11) is -3.41. The van der Waals surface area contributed by atoms with Crippen LogP contribution in [-0.2, 0) is 19.6 Å². The Kier molecular flexibility index (Phi) is 10.3. The minimum Gasteiger partial charge on any atom is -0.343 e. The number of Topliss-reactive ketones (excluding diaryl/α,β-unsaturated/α-hetero) is 1. The quantitative estimate of drug-likeness (QED) is 0.388. The van der Waals surface area contributed by atoms with Gasteiger partial charge in [-0.25, -0.2) is 17.5 Å². The predicted molar refractivity (Wildman–Crippen MR) is 132 cm³/mol. The molecule has 196 valence electrons. The molecule has 1 aromatic carbocycles. The van der Waals surface area contributed by atoms with E-state index in [0.29, 0.717) is 19.4 Å². The number of ketones is 1. The smallest absolute Gasteiger partial charge is 0.251 e. The number of likely N-dealkylation sites (tertiary alicyclic amines) is 1. The van der Waals surface area contributed by atoms with Crippen molar-refractivity contribution in [3.05, 3.63) is 35.6 Å². The van der Waals surface area contributed by atoms with Crippen molar-refractivity contribution in [2.24, 2.45) is 11.8 Å². The van der Waals surface area contributed by atoms with Gasteiger partial charge in [-0.15, -0.1) is 0 Å². The summed E-state index contributed by atoms with van der Waals surface area (Å²) in [5.41, 5.74) is 0.227. The van der Waals surface area contributed by atoms with Crippen molar-refractivity contribution < 1.29 is 27.2 Å². The summed E-state index contributed by atoms with van der Waals surface area (Å²) in [6.07, 6.45) is 2.08. The highest BCUT2D eigenvalue weighted by Gasteiger charge is 2.35. The molecule has 9 nitrogen and oxygen atoms in total. The second-order valence-electron chi connectivity index (χ2n) is 10.1. The molecule has 2 rings (SSSR count). The molecule has 3 N–H and O–H groups in total. The van der Waals surface area contributed by atoms with Gasteiger partial charge < -0.3 is 10.6 Å². The fourth-order valence-electron chi connectivity index (χ4n) is 4.18. The van der Waals surface area contributed by atoms with Crippen LogP contribution in [0.2, 0.25) is 0 Å². The van der Waals surface area contributed by atoms with E-state index in [-0.39, 0.29) is 42.3 Å². The molecule has 0 aliphatic carbocycles. The Morgan fingerprint density at radius 1 is 1.09 bits per heavy atom. The van der Waals surface area contributed by atoms with E-state index in [1.165, 1.54) is 24.3 Å². The summed E-state index contributed by atoms with van der Waals surface area (Å²) in [4.78, 5) is 40.0. The maximum atomic E-state index is 13.2. The zero-order valence-corrected chi connectivity index (χ0v) is 21.8. The molecule has 3 atom stereocenters. The van der Waals surface area contributed by atoms with Crippen LogP contribution in [-0.4, -0.2) is 74.9 Å². The monoisotopic (exact) mass is 512 g/mol. The molecule has 1 heterocycles. The van der Waals surface area contributed by atoms with Gasteiger partial charge in [-0.3, -0.25) is 19.3 Å². The fourth-order valence-corrected chi connectivity index (χ4v) is 4.96. The number of halogens is 1. The lowest BCUT2D eigenvalue weighted by molar-refractivity contribution is -0.127. The first-order chi connectivity index (χ1) is 16.2. The van der Waals surface area contributed by atoms with Gasteiger partial charge >= 0.3 is 0 Å². The van der Waals surface area contributed by atoms with Gasteiger partial charge in [0.2, 0.25) is 15.9 Å². The lowest BCUT2D eigenvalue weighted by Gasteiger charge is -2.25. The number of carbonyl (C=O) groups excluding carboxylic acids is 3. The highest BCUT2D eigenvalue weighted by molar-refractivity contribution is 7.88. The highest BCUT2D eigenvalue weighted by Crippen LogP contribution is 2.13. The Hall–Kier alpha value is -2.37. The van der Waals surface area contributed by atoms with Crippen LogP contribution in [0.25, 0.3) is 0 Å². The van der Waals surface area contributed by atoms with Crippen molar-refractivity contribution in [3.8, 4) is 0 Å². The van der Waals surface area contributed by atoms with Crippen LogP contribution >= 0.6 is 0 Å². The van der Waals surface area contributed by atoms with E-state index >= 15 is 0 Å². The van der Waals surface area contributed by atoms with E-state index < -0.39 is 39.7 Å². The molecule has 1 aliphatic heterocycles. The van der Waals surface area contributed by atoms with Crippen molar-refractivity contribution in [2.45, 2.75) is 58.7 Å². The van der Waals surface area contributed by atoms with E-state index in [1.54, 1.807) is 0 Å². The summed E-state index contributed by atoms with van der Waals surface area (Å²) in [6, 6.07) is 3.05. The number of amides is 2. The topological polar surface area (TPSA) is 125 Å². The second kappa shape index (κ2) is 12.5. The van der Waals surface area contributed by atoms with Gasteiger partial charge in [0.15, 0.2) is 5.78 Å². The van der Waals surface area contributed by atoms with Gasteiger partial charge in [0.1, 0.15) is 17.9 Å². The van der Waals surface area contributed by atoms with Crippen LogP contribution in [0.5, 0.6) is 0 Å². The molecule has 1 aliphatic rings. The van der Waals surface area contributed by atoms with E-state index in [0.717, 1.165) is 6.26 Å². The van der Waals surface area contributed by atoms with Crippen LogP contribution in [0.1, 0.15) is 50.9 Å². The van der Waals surface area contributed by atoms with Crippen LogP contribution in [0.15, 0.2) is 24.3 Å². The molecule has 0 saturated carbocycles. The first-order valence-electron chi connectivity index (χ1n) is 11.8. The van der Waals surface area contributed by atoms with Gasteiger partial charge in [0.25, 0.3) is 5.91 Å². The highest BCUT2D eigenvalue weighted by atomic mass is 32.2. The Labute approximate surface area is 207 Å². The normalized spacial score (nSPS) is 18.6. The molecule has 11 heteroatoms. The average Bonchev–Trinajstić information content (AvgIpc) is 3.04. The van der Waals surface area contributed by atoms with Crippen molar-refractivity contribution in [2.75, 3.05) is 25.9 Å². The number of hydrogen-bond acceptors (Lipinski definition) is 6. The first-order valence-corrected chi connectivity index (χ1v) is 13.7. The maximum absolute atomic E-state index is 13.2. The number of hydrogen-bond donors (Lipinski definition) is 3. The van der Waals surface area contributed by atoms with Gasteiger partial charge in [-0.2, -0.15) is 0 Å². The molecular formula is C24H37FN4O5S. The first kappa shape index (κ1) is 28.9. The summed E-state index contributed by atoms with van der Waals surface area (Å²) in [5.74, 6) is -1.27. The molecule has 35 heavy (non-hydrogen) atoms. The van der Waals surface area contributed by atoms with Crippen LogP contribution < -0.4 is 15.4 Å². The minimum absolute atomic E-state index is 0.0916. The Bertz CT molecular complexity index is 998. The lowest BCUT2D eigenvalue weighted by atomic mass is 10.0. The number of nitrogens with one attached hydrogen (secondary N) is 3. The van der Waals surface area contributed by atoms with Crippen molar-refractivity contribution >= 4 is 27.6 Å². The van der Waals surface area contributed by atoms with Gasteiger partial charge in [-0.1, -0.05) is 27.7 Å². The number of rotatable bonds is 12. The third kappa shape index (κ3) is 10.0. The number of sulfonamides is 1. The Morgan fingerprint density at radius 2 is 1.69 bits per heavy atom. The lowest BCUT2D eigenvalue weighted by Crippen LogP contribution is -2.52. The van der Waals surface area contributed by atoms with Gasteiger partial charge in [0, 0.05) is 24.7 Å². The molecular weight excluding hydrogens is 475 g/mol. The Balaban J connectivity index is 2.03. The molecule has 0 bridgehead atoms. The average molecular weight is 513 g/mol. The molecule has 2 amide bonds. The second-order valence-corrected chi connectivity index (χ2v) is 11.9. The molecule has 1 unspecified atom stereocenters. The third-order valence-corrected chi connectivity index (χ3v) is 6.34. The zero-order valence-electron chi connectivity index (χ0n) is 21.0. The molecule has 0 radical (unpaired) electrons. The van der Waals surface area contributed by atoms with Crippen LogP contribution in [0.3, 0.4) is 0 Å². The van der Waals surface area contributed by atoms with Crippen LogP contribution in [0, 0.1) is 17.7 Å². The standard InChI is InChI=1S/C24H37FN4O5S/c1-15(2)10-19(28-35(5,33)34)12-29-13-21(22(30)14-29)27-24(32)20(11-16(3)4)26-23(31)17-6-8-18(25)9-7-17/h6-9,15-16,19-21,28H,10-14H2,1-5H3,(H,26,31)(H,27,32)/t19-,20-,21?/m0/s1. The van der Waals surface area contributed by atoms with Gasteiger partial charge in [-0.05, 0) is 48.9 Å². The fraction of sp³-hybridized carbons (Fsp3) is 0.625. The predicted octanol–water partition coefficient (Wildman–Crippen LogP) is 1.30. The number of nitrogens with zero attached hydrogens (tertiary/aromatic N) is 1. The van der Waals surface area contributed by atoms with E-state index in [1.807, 2.05) is 32.6 Å². The van der Waals surface area contributed by atoms with Crippen molar-refractivity contribution in [1.29, 1.82) is 0 Å². The molecule has 0 aromatic heterocycles. The molecule has 0 spiro atoms. The minimum atomic E-state index is -3.41. The van der Waals surface area contributed by atoms with Crippen LogP contribution in [0.4, 0.5) is 4.39 Å². The van der Waals surface area contributed by atoms with Crippen molar-refractivity contribution in [3.63, 3.8) is 0 Å². The summed E-state index contributed by atoms with van der Waals surface area (Å²) < 4.78 is 39.3.